The van der Waals surface area contributed by atoms with Crippen LogP contribution in [0.4, 0.5) is 0 Å². The van der Waals surface area contributed by atoms with Gasteiger partial charge in [0.2, 0.25) is 0 Å². The number of methoxy groups -OCH3 is 2. The molecule has 0 unspecified atom stereocenters. The van der Waals surface area contributed by atoms with Crippen molar-refractivity contribution in [3.63, 3.8) is 0 Å². The van der Waals surface area contributed by atoms with Gasteiger partial charge in [0.15, 0.2) is 16.7 Å². The van der Waals surface area contributed by atoms with Crippen molar-refractivity contribution in [1.82, 2.24) is 5.43 Å². The minimum absolute atomic E-state index is 0.265. The Bertz CT molecular complexity index is 613. The topological polar surface area (TPSA) is 64.4 Å². The minimum Gasteiger partial charge on any atom is -0.493 e. The molecule has 1 fully saturated rings. The van der Waals surface area contributed by atoms with Crippen LogP contribution >= 0.6 is 11.8 Å². The van der Waals surface area contributed by atoms with E-state index in [0.717, 1.165) is 41.6 Å². The summed E-state index contributed by atoms with van der Waals surface area (Å²) in [6, 6.07) is 5.81. The minimum atomic E-state index is 0.265. The maximum Gasteiger partial charge on any atom is 0.177 e. The first-order valence-corrected chi connectivity index (χ1v) is 8.62. The van der Waals surface area contributed by atoms with Crippen LogP contribution in [0.15, 0.2) is 28.3 Å². The Labute approximate surface area is 140 Å². The highest BCUT2D eigenvalue weighted by Gasteiger charge is 2.17. The monoisotopic (exact) mass is 335 g/mol. The molecule has 3 rings (SSSR count). The number of hydrogen-bond donors (Lipinski definition) is 1. The zero-order chi connectivity index (χ0) is 16.1. The largest absolute Gasteiger partial charge is 0.493 e. The van der Waals surface area contributed by atoms with E-state index < -0.39 is 0 Å². The zero-order valence-electron chi connectivity index (χ0n) is 13.4. The SMILES string of the molecule is COc1ccc(C2=NNC(=NC[C@H]3CCCO3)SC2)cc1OC. The molecule has 0 saturated carbocycles. The third kappa shape index (κ3) is 3.97. The molecule has 1 aromatic carbocycles. The molecule has 0 bridgehead atoms. The molecule has 7 heteroatoms. The van der Waals surface area contributed by atoms with Crippen molar-refractivity contribution < 1.29 is 14.2 Å². The first kappa shape index (κ1) is 16.1. The lowest BCUT2D eigenvalue weighted by atomic mass is 10.1. The van der Waals surface area contributed by atoms with Gasteiger partial charge in [0, 0.05) is 17.9 Å². The Hall–Kier alpha value is -1.73. The molecule has 6 nitrogen and oxygen atoms in total. The average Bonchev–Trinajstić information content (AvgIpc) is 3.13. The van der Waals surface area contributed by atoms with Gasteiger partial charge in [-0.25, -0.2) is 0 Å². The molecule has 0 aliphatic carbocycles. The summed E-state index contributed by atoms with van der Waals surface area (Å²) in [6.45, 7) is 1.56. The summed E-state index contributed by atoms with van der Waals surface area (Å²) in [7, 11) is 3.26. The van der Waals surface area contributed by atoms with Gasteiger partial charge in [-0.05, 0) is 31.0 Å². The fraction of sp³-hybridized carbons (Fsp3) is 0.500. The summed E-state index contributed by atoms with van der Waals surface area (Å²) in [5, 5.41) is 5.29. The van der Waals surface area contributed by atoms with E-state index in [0.29, 0.717) is 18.0 Å². The number of hydrazone groups is 1. The average molecular weight is 335 g/mol. The van der Waals surface area contributed by atoms with Crippen molar-refractivity contribution in [3.8, 4) is 11.5 Å². The van der Waals surface area contributed by atoms with E-state index in [1.165, 1.54) is 0 Å². The van der Waals surface area contributed by atoms with Crippen molar-refractivity contribution >= 4 is 22.6 Å². The number of nitrogens with one attached hydrogen (secondary N) is 1. The molecule has 0 amide bonds. The molecule has 124 valence electrons. The number of rotatable bonds is 5. The van der Waals surface area contributed by atoms with Gasteiger partial charge in [-0.15, -0.1) is 0 Å². The maximum absolute atomic E-state index is 5.58. The van der Waals surface area contributed by atoms with Crippen molar-refractivity contribution in [1.29, 1.82) is 0 Å². The van der Waals surface area contributed by atoms with E-state index in [9.17, 15) is 0 Å². The van der Waals surface area contributed by atoms with E-state index in [1.54, 1.807) is 26.0 Å². The van der Waals surface area contributed by atoms with Gasteiger partial charge in [0.25, 0.3) is 0 Å². The number of amidine groups is 1. The van der Waals surface area contributed by atoms with E-state index >= 15 is 0 Å². The lowest BCUT2D eigenvalue weighted by Gasteiger charge is -2.16. The molecule has 2 aliphatic rings. The molecule has 2 aliphatic heterocycles. The van der Waals surface area contributed by atoms with Gasteiger partial charge >= 0.3 is 0 Å². The van der Waals surface area contributed by atoms with E-state index in [2.05, 4.69) is 15.5 Å². The van der Waals surface area contributed by atoms with Gasteiger partial charge in [0.05, 0.1) is 32.6 Å². The van der Waals surface area contributed by atoms with Gasteiger partial charge in [-0.2, -0.15) is 5.10 Å². The van der Waals surface area contributed by atoms with Crippen LogP contribution in [0.2, 0.25) is 0 Å². The van der Waals surface area contributed by atoms with Crippen LogP contribution in [0.1, 0.15) is 18.4 Å². The first-order valence-electron chi connectivity index (χ1n) is 7.64. The molecular formula is C16H21N3O3S. The summed E-state index contributed by atoms with van der Waals surface area (Å²) < 4.78 is 16.2. The molecule has 0 spiro atoms. The van der Waals surface area contributed by atoms with Crippen LogP contribution < -0.4 is 14.9 Å². The predicted molar refractivity (Wildman–Crippen MR) is 93.0 cm³/mol. The molecule has 1 saturated heterocycles. The smallest absolute Gasteiger partial charge is 0.177 e. The Morgan fingerprint density at radius 1 is 1.35 bits per heavy atom. The van der Waals surface area contributed by atoms with Gasteiger partial charge in [-0.3, -0.25) is 10.4 Å². The van der Waals surface area contributed by atoms with Crippen molar-refractivity contribution in [2.24, 2.45) is 10.1 Å². The number of ether oxygens (including phenoxy) is 3. The molecule has 1 N–H and O–H groups in total. The molecule has 0 aromatic heterocycles. The third-order valence-electron chi connectivity index (χ3n) is 3.81. The second kappa shape index (κ2) is 7.70. The molecular weight excluding hydrogens is 314 g/mol. The second-order valence-electron chi connectivity index (χ2n) is 5.31. The van der Waals surface area contributed by atoms with Crippen LogP contribution in [0.25, 0.3) is 0 Å². The van der Waals surface area contributed by atoms with Crippen molar-refractivity contribution in [2.45, 2.75) is 18.9 Å². The van der Waals surface area contributed by atoms with Crippen molar-refractivity contribution in [2.75, 3.05) is 33.1 Å². The van der Waals surface area contributed by atoms with Crippen LogP contribution in [0.3, 0.4) is 0 Å². The fourth-order valence-electron chi connectivity index (χ4n) is 2.53. The molecule has 23 heavy (non-hydrogen) atoms. The predicted octanol–water partition coefficient (Wildman–Crippen LogP) is 2.28. The third-order valence-corrected chi connectivity index (χ3v) is 4.72. The quantitative estimate of drug-likeness (QED) is 0.894. The Morgan fingerprint density at radius 3 is 2.87 bits per heavy atom. The molecule has 2 heterocycles. The summed E-state index contributed by atoms with van der Waals surface area (Å²) in [6.07, 6.45) is 2.50. The highest BCUT2D eigenvalue weighted by atomic mass is 32.2. The Morgan fingerprint density at radius 2 is 2.22 bits per heavy atom. The molecule has 0 radical (unpaired) electrons. The van der Waals surface area contributed by atoms with E-state index in [1.807, 2.05) is 18.2 Å². The standard InChI is InChI=1S/C16H21N3O3S/c1-20-14-6-5-11(8-15(14)21-2)13-10-23-16(19-18-13)17-9-12-4-3-7-22-12/h5-6,8,12H,3-4,7,9-10H2,1-2H3,(H,17,19)/t12-/m1/s1. The van der Waals surface area contributed by atoms with E-state index in [4.69, 9.17) is 14.2 Å². The summed E-state index contributed by atoms with van der Waals surface area (Å²) >= 11 is 1.65. The maximum atomic E-state index is 5.58. The lowest BCUT2D eigenvalue weighted by molar-refractivity contribution is 0.118. The van der Waals surface area contributed by atoms with Crippen LogP contribution in [0, 0.1) is 0 Å². The first-order chi connectivity index (χ1) is 11.3. The molecule has 1 aromatic rings. The number of aliphatic imine (C=N–C) groups is 1. The number of hydrogen-bond acceptors (Lipinski definition) is 6. The summed E-state index contributed by atoms with van der Waals surface area (Å²) in [5.41, 5.74) is 5.01. The summed E-state index contributed by atoms with van der Waals surface area (Å²) in [5.74, 6) is 2.19. The highest BCUT2D eigenvalue weighted by Crippen LogP contribution is 2.28. The molecule has 1 atom stereocenters. The van der Waals surface area contributed by atoms with Crippen LogP contribution in [-0.4, -0.2) is 50.1 Å². The zero-order valence-corrected chi connectivity index (χ0v) is 14.2. The van der Waals surface area contributed by atoms with Gasteiger partial charge < -0.3 is 14.2 Å². The Kier molecular flexibility index (Phi) is 5.40. The number of benzene rings is 1. The van der Waals surface area contributed by atoms with Crippen LogP contribution in [0.5, 0.6) is 11.5 Å². The van der Waals surface area contributed by atoms with E-state index in [-0.39, 0.29) is 6.10 Å². The second-order valence-corrected chi connectivity index (χ2v) is 6.27. The number of thioether (sulfide) groups is 1. The summed E-state index contributed by atoms with van der Waals surface area (Å²) in [4.78, 5) is 4.55. The van der Waals surface area contributed by atoms with Gasteiger partial charge in [-0.1, -0.05) is 11.8 Å². The van der Waals surface area contributed by atoms with Crippen LogP contribution in [-0.2, 0) is 4.74 Å². The van der Waals surface area contributed by atoms with Crippen molar-refractivity contribution in [3.05, 3.63) is 23.8 Å². The highest BCUT2D eigenvalue weighted by molar-refractivity contribution is 8.14. The normalized spacial score (nSPS) is 22.6. The van der Waals surface area contributed by atoms with Gasteiger partial charge in [0.1, 0.15) is 0 Å². The Balaban J connectivity index is 1.65. The fourth-order valence-corrected chi connectivity index (χ4v) is 3.31. The lowest BCUT2D eigenvalue weighted by Crippen LogP contribution is -2.26. The number of nitrogens with zero attached hydrogens (tertiary/aromatic N) is 2.